The third-order valence-corrected chi connectivity index (χ3v) is 2.12. The lowest BCUT2D eigenvalue weighted by Crippen LogP contribution is -2.05. The van der Waals surface area contributed by atoms with E-state index in [0.717, 1.165) is 0 Å². The van der Waals surface area contributed by atoms with Crippen LogP contribution in [-0.2, 0) is 4.74 Å². The molecule has 2 bridgehead atoms. The SMILES string of the molecule is COC1C2=CC=C1CC2. The maximum absolute atomic E-state index is 5.26. The smallest absolute Gasteiger partial charge is 0.0998 e. The summed E-state index contributed by atoms with van der Waals surface area (Å²) in [5, 5.41) is 0. The highest BCUT2D eigenvalue weighted by Gasteiger charge is 2.28. The highest BCUT2D eigenvalue weighted by Crippen LogP contribution is 2.36. The van der Waals surface area contributed by atoms with Gasteiger partial charge in [-0.15, -0.1) is 0 Å². The van der Waals surface area contributed by atoms with Crippen molar-refractivity contribution < 1.29 is 4.74 Å². The first-order valence-corrected chi connectivity index (χ1v) is 3.34. The molecule has 0 radical (unpaired) electrons. The van der Waals surface area contributed by atoms with Gasteiger partial charge in [-0.25, -0.2) is 0 Å². The molecule has 48 valence electrons. The van der Waals surface area contributed by atoms with E-state index in [-0.39, 0.29) is 0 Å². The highest BCUT2D eigenvalue weighted by molar-refractivity contribution is 5.42. The van der Waals surface area contributed by atoms with E-state index in [0.29, 0.717) is 6.10 Å². The fourth-order valence-corrected chi connectivity index (χ4v) is 1.65. The minimum absolute atomic E-state index is 0.366. The highest BCUT2D eigenvalue weighted by atomic mass is 16.5. The minimum Gasteiger partial charge on any atom is -0.373 e. The number of methoxy groups -OCH3 is 1. The molecule has 0 saturated heterocycles. The minimum atomic E-state index is 0.366. The number of hydrogen-bond acceptors (Lipinski definition) is 1. The Morgan fingerprint density at radius 2 is 1.89 bits per heavy atom. The Morgan fingerprint density at radius 3 is 2.11 bits per heavy atom. The standard InChI is InChI=1S/C8H10O/c1-9-8-6-2-3-7(8)5-4-6/h2-3,8H,4-5H2,1H3. The van der Waals surface area contributed by atoms with Gasteiger partial charge in [0.1, 0.15) is 0 Å². The quantitative estimate of drug-likeness (QED) is 0.514. The van der Waals surface area contributed by atoms with E-state index in [2.05, 4.69) is 12.2 Å². The van der Waals surface area contributed by atoms with Crippen molar-refractivity contribution >= 4 is 0 Å². The van der Waals surface area contributed by atoms with Crippen molar-refractivity contribution in [2.45, 2.75) is 18.9 Å². The molecule has 0 unspecified atom stereocenters. The summed E-state index contributed by atoms with van der Waals surface area (Å²) in [6.07, 6.45) is 7.19. The number of hydrogen-bond donors (Lipinski definition) is 0. The fraction of sp³-hybridized carbons (Fsp3) is 0.500. The Kier molecular flexibility index (Phi) is 0.995. The third kappa shape index (κ3) is 0.583. The molecule has 1 nitrogen and oxygen atoms in total. The first-order chi connectivity index (χ1) is 4.42. The van der Waals surface area contributed by atoms with E-state index < -0.39 is 0 Å². The molecule has 9 heavy (non-hydrogen) atoms. The van der Waals surface area contributed by atoms with Crippen LogP contribution in [0.5, 0.6) is 0 Å². The van der Waals surface area contributed by atoms with Gasteiger partial charge in [-0.3, -0.25) is 0 Å². The molecule has 1 fully saturated rings. The van der Waals surface area contributed by atoms with Crippen LogP contribution in [0.15, 0.2) is 23.3 Å². The van der Waals surface area contributed by atoms with Gasteiger partial charge in [-0.1, -0.05) is 12.2 Å². The van der Waals surface area contributed by atoms with Gasteiger partial charge in [0.2, 0.25) is 0 Å². The number of rotatable bonds is 1. The van der Waals surface area contributed by atoms with Gasteiger partial charge in [0.25, 0.3) is 0 Å². The van der Waals surface area contributed by atoms with Crippen LogP contribution >= 0.6 is 0 Å². The lowest BCUT2D eigenvalue weighted by molar-refractivity contribution is 0.167. The average molecular weight is 122 g/mol. The van der Waals surface area contributed by atoms with Crippen LogP contribution in [0.3, 0.4) is 0 Å². The van der Waals surface area contributed by atoms with Crippen molar-refractivity contribution in [3.8, 4) is 0 Å². The largest absolute Gasteiger partial charge is 0.373 e. The first-order valence-electron chi connectivity index (χ1n) is 3.34. The Labute approximate surface area is 55.0 Å². The molecule has 1 saturated carbocycles. The van der Waals surface area contributed by atoms with Crippen LogP contribution in [0.4, 0.5) is 0 Å². The van der Waals surface area contributed by atoms with Crippen molar-refractivity contribution in [1.82, 2.24) is 0 Å². The van der Waals surface area contributed by atoms with Gasteiger partial charge in [0, 0.05) is 7.11 Å². The first kappa shape index (κ1) is 5.24. The fourth-order valence-electron chi connectivity index (χ4n) is 1.65. The maximum atomic E-state index is 5.26. The molecule has 0 aromatic carbocycles. The van der Waals surface area contributed by atoms with Gasteiger partial charge in [0.05, 0.1) is 6.10 Å². The molecular formula is C8H10O. The predicted octanol–water partition coefficient (Wildman–Crippen LogP) is 1.66. The molecule has 2 rings (SSSR count). The lowest BCUT2D eigenvalue weighted by atomic mass is 10.2. The second-order valence-corrected chi connectivity index (χ2v) is 2.60. The van der Waals surface area contributed by atoms with Crippen molar-refractivity contribution in [3.05, 3.63) is 23.3 Å². The Balaban J connectivity index is 2.29. The van der Waals surface area contributed by atoms with E-state index in [9.17, 15) is 0 Å². The topological polar surface area (TPSA) is 9.23 Å². The summed E-state index contributed by atoms with van der Waals surface area (Å²) in [4.78, 5) is 0. The zero-order valence-corrected chi connectivity index (χ0v) is 5.55. The molecule has 0 spiro atoms. The van der Waals surface area contributed by atoms with Crippen LogP contribution < -0.4 is 0 Å². The second kappa shape index (κ2) is 1.71. The van der Waals surface area contributed by atoms with Crippen LogP contribution in [-0.4, -0.2) is 13.2 Å². The molecule has 0 N–H and O–H groups in total. The maximum Gasteiger partial charge on any atom is 0.0998 e. The van der Waals surface area contributed by atoms with E-state index in [1.54, 1.807) is 7.11 Å². The van der Waals surface area contributed by atoms with Gasteiger partial charge >= 0.3 is 0 Å². The molecule has 2 aliphatic rings. The zero-order chi connectivity index (χ0) is 6.27. The Bertz CT molecular complexity index is 169. The van der Waals surface area contributed by atoms with Crippen molar-refractivity contribution in [1.29, 1.82) is 0 Å². The van der Waals surface area contributed by atoms with Gasteiger partial charge in [-0.05, 0) is 24.0 Å². The molecule has 0 atom stereocenters. The molecule has 0 aliphatic heterocycles. The third-order valence-electron chi connectivity index (χ3n) is 2.12. The van der Waals surface area contributed by atoms with Crippen LogP contribution in [0.25, 0.3) is 0 Å². The normalized spacial score (nSPS) is 24.6. The molecule has 1 heteroatoms. The van der Waals surface area contributed by atoms with E-state index >= 15 is 0 Å². The second-order valence-electron chi connectivity index (χ2n) is 2.60. The molecule has 0 aromatic heterocycles. The summed E-state index contributed by atoms with van der Waals surface area (Å²) in [6.45, 7) is 0. The van der Waals surface area contributed by atoms with Crippen LogP contribution in [0, 0.1) is 0 Å². The molecule has 0 aromatic rings. The summed E-state index contributed by atoms with van der Waals surface area (Å²) in [5.74, 6) is 0. The summed E-state index contributed by atoms with van der Waals surface area (Å²) in [5.41, 5.74) is 2.93. The van der Waals surface area contributed by atoms with Gasteiger partial charge in [0.15, 0.2) is 0 Å². The summed E-state index contributed by atoms with van der Waals surface area (Å²) < 4.78 is 5.26. The Hall–Kier alpha value is -0.560. The molecule has 0 amide bonds. The lowest BCUT2D eigenvalue weighted by Gasteiger charge is -2.05. The number of ether oxygens (including phenoxy) is 1. The summed E-state index contributed by atoms with van der Waals surface area (Å²) >= 11 is 0. The molecule has 0 heterocycles. The van der Waals surface area contributed by atoms with Gasteiger partial charge in [-0.2, -0.15) is 0 Å². The number of fused-ring (bicyclic) bond motifs is 2. The Morgan fingerprint density at radius 1 is 1.33 bits per heavy atom. The van der Waals surface area contributed by atoms with Crippen LogP contribution in [0.1, 0.15) is 12.8 Å². The zero-order valence-electron chi connectivity index (χ0n) is 5.55. The van der Waals surface area contributed by atoms with Gasteiger partial charge < -0.3 is 4.74 Å². The monoisotopic (exact) mass is 122 g/mol. The summed E-state index contributed by atoms with van der Waals surface area (Å²) in [6, 6.07) is 0. The predicted molar refractivity (Wildman–Crippen MR) is 36.2 cm³/mol. The van der Waals surface area contributed by atoms with Crippen molar-refractivity contribution in [2.24, 2.45) is 0 Å². The number of allylic oxidation sites excluding steroid dienone is 2. The van der Waals surface area contributed by atoms with E-state index in [1.165, 1.54) is 24.0 Å². The molecule has 2 aliphatic carbocycles. The molecular weight excluding hydrogens is 112 g/mol. The summed E-state index contributed by atoms with van der Waals surface area (Å²) in [7, 11) is 1.78. The van der Waals surface area contributed by atoms with Crippen molar-refractivity contribution in [3.63, 3.8) is 0 Å². The average Bonchev–Trinajstić information content (AvgIpc) is 2.44. The van der Waals surface area contributed by atoms with Crippen LogP contribution in [0.2, 0.25) is 0 Å². The van der Waals surface area contributed by atoms with Crippen molar-refractivity contribution in [2.75, 3.05) is 7.11 Å². The van der Waals surface area contributed by atoms with E-state index in [4.69, 9.17) is 4.74 Å². The van der Waals surface area contributed by atoms with E-state index in [1.807, 2.05) is 0 Å².